The lowest BCUT2D eigenvalue weighted by atomic mass is 9.94. The number of amides is 2. The minimum Gasteiger partial charge on any atom is -0.497 e. The average Bonchev–Trinajstić information content (AvgIpc) is 3.07. The molecule has 0 aromatic heterocycles. The maximum absolute atomic E-state index is 12.3. The summed E-state index contributed by atoms with van der Waals surface area (Å²) in [5, 5.41) is 5.85. The van der Waals surface area contributed by atoms with Crippen molar-refractivity contribution in [3.63, 3.8) is 0 Å². The molecule has 0 fully saturated rings. The molecule has 0 radical (unpaired) electrons. The fraction of sp³-hybridized carbons (Fsp3) is 0.316. The molecule has 0 atom stereocenters. The summed E-state index contributed by atoms with van der Waals surface area (Å²) in [6, 6.07) is 13.0. The number of urea groups is 1. The van der Waals surface area contributed by atoms with E-state index in [2.05, 4.69) is 10.6 Å². The van der Waals surface area contributed by atoms with Gasteiger partial charge < -0.3 is 24.8 Å². The Balaban J connectivity index is 1.57. The molecule has 1 aliphatic rings. The van der Waals surface area contributed by atoms with Gasteiger partial charge in [-0.3, -0.25) is 0 Å². The SMILES string of the molecule is COc1ccc(C(C)(C)NC(=O)NCc2ccc3c(c2)OCO3)cc1. The highest BCUT2D eigenvalue weighted by atomic mass is 16.7. The monoisotopic (exact) mass is 342 g/mol. The van der Waals surface area contributed by atoms with E-state index in [1.165, 1.54) is 0 Å². The van der Waals surface area contributed by atoms with E-state index in [-0.39, 0.29) is 12.8 Å². The Kier molecular flexibility index (Phi) is 4.70. The van der Waals surface area contributed by atoms with E-state index < -0.39 is 5.54 Å². The zero-order valence-corrected chi connectivity index (χ0v) is 14.6. The van der Waals surface area contributed by atoms with Crippen molar-refractivity contribution in [2.24, 2.45) is 0 Å². The van der Waals surface area contributed by atoms with Crippen LogP contribution in [0.4, 0.5) is 4.79 Å². The van der Waals surface area contributed by atoms with Gasteiger partial charge in [0.15, 0.2) is 11.5 Å². The van der Waals surface area contributed by atoms with E-state index in [4.69, 9.17) is 14.2 Å². The quantitative estimate of drug-likeness (QED) is 0.876. The zero-order valence-electron chi connectivity index (χ0n) is 14.6. The molecule has 0 spiro atoms. The first kappa shape index (κ1) is 17.0. The molecule has 2 amide bonds. The van der Waals surface area contributed by atoms with E-state index in [1.54, 1.807) is 7.11 Å². The molecule has 1 heterocycles. The Hall–Kier alpha value is -2.89. The fourth-order valence-corrected chi connectivity index (χ4v) is 2.64. The van der Waals surface area contributed by atoms with Crippen LogP contribution in [0.5, 0.6) is 17.2 Å². The summed E-state index contributed by atoms with van der Waals surface area (Å²) in [6.45, 7) is 4.55. The van der Waals surface area contributed by atoms with Gasteiger partial charge in [-0.15, -0.1) is 0 Å². The fourth-order valence-electron chi connectivity index (χ4n) is 2.64. The molecule has 25 heavy (non-hydrogen) atoms. The second kappa shape index (κ2) is 6.93. The summed E-state index contributed by atoms with van der Waals surface area (Å²) in [4.78, 5) is 12.3. The number of hydrogen-bond acceptors (Lipinski definition) is 4. The van der Waals surface area contributed by atoms with Crippen LogP contribution in [-0.2, 0) is 12.1 Å². The average molecular weight is 342 g/mol. The number of carbonyl (C=O) groups excluding carboxylic acids is 1. The van der Waals surface area contributed by atoms with Gasteiger partial charge in [0, 0.05) is 6.54 Å². The summed E-state index contributed by atoms with van der Waals surface area (Å²) < 4.78 is 15.8. The number of nitrogens with one attached hydrogen (secondary N) is 2. The summed E-state index contributed by atoms with van der Waals surface area (Å²) in [5.41, 5.74) is 1.43. The first-order chi connectivity index (χ1) is 12.0. The lowest BCUT2D eigenvalue weighted by Crippen LogP contribution is -2.46. The number of carbonyl (C=O) groups is 1. The van der Waals surface area contributed by atoms with Crippen LogP contribution in [0.3, 0.4) is 0 Å². The standard InChI is InChI=1S/C19H22N2O4/c1-19(2,14-5-7-15(23-3)8-6-14)21-18(22)20-11-13-4-9-16-17(10-13)25-12-24-16/h4-10H,11-12H2,1-3H3,(H2,20,21,22). The second-order valence-corrected chi connectivity index (χ2v) is 6.35. The van der Waals surface area contributed by atoms with Gasteiger partial charge in [0.25, 0.3) is 0 Å². The number of ether oxygens (including phenoxy) is 3. The highest BCUT2D eigenvalue weighted by molar-refractivity contribution is 5.75. The molecule has 1 aliphatic heterocycles. The lowest BCUT2D eigenvalue weighted by Gasteiger charge is -2.27. The van der Waals surface area contributed by atoms with Gasteiger partial charge >= 0.3 is 6.03 Å². The van der Waals surface area contributed by atoms with Crippen LogP contribution in [-0.4, -0.2) is 19.9 Å². The van der Waals surface area contributed by atoms with Crippen molar-refractivity contribution in [1.29, 1.82) is 0 Å². The minimum atomic E-state index is -0.509. The van der Waals surface area contributed by atoms with E-state index in [0.29, 0.717) is 12.3 Å². The summed E-state index contributed by atoms with van der Waals surface area (Å²) in [5.74, 6) is 2.22. The predicted molar refractivity (Wildman–Crippen MR) is 94.0 cm³/mol. The van der Waals surface area contributed by atoms with Gasteiger partial charge in [-0.05, 0) is 49.2 Å². The highest BCUT2D eigenvalue weighted by Crippen LogP contribution is 2.32. The van der Waals surface area contributed by atoms with Crippen molar-refractivity contribution in [3.8, 4) is 17.2 Å². The van der Waals surface area contributed by atoms with Gasteiger partial charge in [-0.1, -0.05) is 18.2 Å². The van der Waals surface area contributed by atoms with Crippen LogP contribution in [0.15, 0.2) is 42.5 Å². The van der Waals surface area contributed by atoms with Crippen molar-refractivity contribution >= 4 is 6.03 Å². The Bertz CT molecular complexity index is 757. The normalized spacial score (nSPS) is 12.6. The smallest absolute Gasteiger partial charge is 0.315 e. The second-order valence-electron chi connectivity index (χ2n) is 6.35. The van der Waals surface area contributed by atoms with Crippen LogP contribution < -0.4 is 24.8 Å². The van der Waals surface area contributed by atoms with Crippen LogP contribution in [0.1, 0.15) is 25.0 Å². The summed E-state index contributed by atoms with van der Waals surface area (Å²) >= 11 is 0. The predicted octanol–water partition coefficient (Wildman–Crippen LogP) is 3.16. The number of methoxy groups -OCH3 is 1. The molecule has 2 aromatic rings. The Labute approximate surface area is 147 Å². The van der Waals surface area contributed by atoms with E-state index >= 15 is 0 Å². The van der Waals surface area contributed by atoms with E-state index in [0.717, 1.165) is 22.6 Å². The van der Waals surface area contributed by atoms with Crippen molar-refractivity contribution in [3.05, 3.63) is 53.6 Å². The summed E-state index contributed by atoms with van der Waals surface area (Å²) in [7, 11) is 1.63. The van der Waals surface area contributed by atoms with Gasteiger partial charge in [-0.25, -0.2) is 4.79 Å². The molecule has 0 saturated carbocycles. The van der Waals surface area contributed by atoms with E-state index in [9.17, 15) is 4.79 Å². The van der Waals surface area contributed by atoms with Crippen molar-refractivity contribution in [1.82, 2.24) is 10.6 Å². The number of fused-ring (bicyclic) bond motifs is 1. The third-order valence-electron chi connectivity index (χ3n) is 4.13. The molecule has 2 aromatic carbocycles. The van der Waals surface area contributed by atoms with E-state index in [1.807, 2.05) is 56.3 Å². The molecular formula is C19H22N2O4. The molecule has 0 unspecified atom stereocenters. The summed E-state index contributed by atoms with van der Waals surface area (Å²) in [6.07, 6.45) is 0. The molecule has 3 rings (SSSR count). The molecule has 0 aliphatic carbocycles. The van der Waals surface area contributed by atoms with Crippen LogP contribution in [0.25, 0.3) is 0 Å². The molecule has 0 saturated heterocycles. The largest absolute Gasteiger partial charge is 0.497 e. The van der Waals surface area contributed by atoms with Crippen molar-refractivity contribution in [2.45, 2.75) is 25.9 Å². The Morgan fingerprint density at radius 3 is 2.56 bits per heavy atom. The van der Waals surface area contributed by atoms with Gasteiger partial charge in [0.1, 0.15) is 5.75 Å². The maximum atomic E-state index is 12.3. The zero-order chi connectivity index (χ0) is 17.9. The molecule has 132 valence electrons. The third kappa shape index (κ3) is 3.96. The Morgan fingerprint density at radius 2 is 1.84 bits per heavy atom. The minimum absolute atomic E-state index is 0.238. The van der Waals surface area contributed by atoms with Crippen molar-refractivity contribution < 1.29 is 19.0 Å². The third-order valence-corrected chi connectivity index (χ3v) is 4.13. The van der Waals surface area contributed by atoms with Crippen LogP contribution in [0, 0.1) is 0 Å². The van der Waals surface area contributed by atoms with Gasteiger partial charge in [0.05, 0.1) is 12.6 Å². The van der Waals surface area contributed by atoms with Crippen molar-refractivity contribution in [2.75, 3.05) is 13.9 Å². The molecular weight excluding hydrogens is 320 g/mol. The molecule has 6 heteroatoms. The van der Waals surface area contributed by atoms with Crippen LogP contribution >= 0.6 is 0 Å². The Morgan fingerprint density at radius 1 is 1.12 bits per heavy atom. The first-order valence-electron chi connectivity index (χ1n) is 8.07. The van der Waals surface area contributed by atoms with Gasteiger partial charge in [-0.2, -0.15) is 0 Å². The maximum Gasteiger partial charge on any atom is 0.315 e. The first-order valence-corrected chi connectivity index (χ1v) is 8.07. The number of hydrogen-bond donors (Lipinski definition) is 2. The molecule has 0 bridgehead atoms. The lowest BCUT2D eigenvalue weighted by molar-refractivity contribution is 0.174. The topological polar surface area (TPSA) is 68.8 Å². The van der Waals surface area contributed by atoms with Crippen LogP contribution in [0.2, 0.25) is 0 Å². The molecule has 6 nitrogen and oxygen atoms in total. The van der Waals surface area contributed by atoms with Gasteiger partial charge in [0.2, 0.25) is 6.79 Å². The number of rotatable bonds is 5. The highest BCUT2D eigenvalue weighted by Gasteiger charge is 2.23. The number of benzene rings is 2. The molecule has 2 N–H and O–H groups in total.